The number of nitrogens with zero attached hydrogens (tertiary/aromatic N) is 6. The molecule has 0 aliphatic heterocycles. The molecule has 0 atom stereocenters. The Kier molecular flexibility index (Phi) is 16.3. The molecule has 14 aromatic carbocycles. The van der Waals surface area contributed by atoms with Gasteiger partial charge in [-0.25, -0.2) is 19.9 Å². The molecule has 0 fully saturated rings. The maximum Gasteiger partial charge on any atom is 0.160 e. The van der Waals surface area contributed by atoms with Crippen molar-refractivity contribution in [2.45, 2.75) is 0 Å². The SMILES string of the molecule is c1ccc(-c2cc(-c3ccc(-c4cccc5cc(-c6ccc(-c7cccc8cccnc78)cc6)ccc45)cc3)nc(-c3ccccc3)n2)cc1.c1ccc(-c2cc(-c3ccc(-c4cccc5cc(-c6ccc(-c7cnc8ccccc8c7)cc6)ccc45)cc3)nc(-c3ccccc3)n2)cc1. The molecule has 0 saturated heterocycles. The van der Waals surface area contributed by atoms with Crippen LogP contribution in [0.1, 0.15) is 0 Å². The van der Waals surface area contributed by atoms with Gasteiger partial charge in [0.1, 0.15) is 0 Å². The molecule has 0 amide bonds. The summed E-state index contributed by atoms with van der Waals surface area (Å²) in [6.07, 6.45) is 3.82. The molecule has 4 heterocycles. The molecule has 0 aliphatic rings. The molecule has 18 rings (SSSR count). The minimum Gasteiger partial charge on any atom is -0.256 e. The van der Waals surface area contributed by atoms with Crippen LogP contribution in [0.5, 0.6) is 0 Å². The van der Waals surface area contributed by atoms with E-state index in [-0.39, 0.29) is 0 Å². The van der Waals surface area contributed by atoms with Crippen LogP contribution in [0.3, 0.4) is 0 Å². The second-order valence-corrected chi connectivity index (χ2v) is 25.0. The smallest absolute Gasteiger partial charge is 0.160 e. The molecule has 0 N–H and O–H groups in total. The maximum atomic E-state index is 5.01. The summed E-state index contributed by atoms with van der Waals surface area (Å²) >= 11 is 0. The Bertz CT molecular complexity index is 5840. The highest BCUT2D eigenvalue weighted by Crippen LogP contribution is 2.39. The molecule has 0 aliphatic carbocycles. The second kappa shape index (κ2) is 27.0. The van der Waals surface area contributed by atoms with E-state index in [4.69, 9.17) is 19.9 Å². The Morgan fingerprint density at radius 3 is 0.980 bits per heavy atom. The number of rotatable bonds is 12. The fourth-order valence-electron chi connectivity index (χ4n) is 13.5. The Morgan fingerprint density at radius 1 is 0.180 bits per heavy atom. The molecule has 0 bridgehead atoms. The fraction of sp³-hybridized carbons (Fsp3) is 0. The molecule has 6 heteroatoms. The number of para-hydroxylation sites is 2. The Morgan fingerprint density at radius 2 is 0.510 bits per heavy atom. The van der Waals surface area contributed by atoms with Crippen LogP contribution in [-0.4, -0.2) is 29.9 Å². The fourth-order valence-corrected chi connectivity index (χ4v) is 13.5. The highest BCUT2D eigenvalue weighted by Gasteiger charge is 2.16. The Labute approximate surface area is 580 Å². The van der Waals surface area contributed by atoms with E-state index >= 15 is 0 Å². The summed E-state index contributed by atoms with van der Waals surface area (Å²) in [4.78, 5) is 29.2. The second-order valence-electron chi connectivity index (χ2n) is 25.0. The zero-order valence-corrected chi connectivity index (χ0v) is 54.5. The van der Waals surface area contributed by atoms with Crippen molar-refractivity contribution < 1.29 is 0 Å². The third-order valence-corrected chi connectivity index (χ3v) is 18.7. The quantitative estimate of drug-likeness (QED) is 0.121. The lowest BCUT2D eigenvalue weighted by Crippen LogP contribution is -1.95. The van der Waals surface area contributed by atoms with Crippen molar-refractivity contribution in [2.75, 3.05) is 0 Å². The van der Waals surface area contributed by atoms with Crippen molar-refractivity contribution in [3.63, 3.8) is 0 Å². The molecule has 18 aromatic rings. The van der Waals surface area contributed by atoms with Gasteiger partial charge in [-0.1, -0.05) is 322 Å². The van der Waals surface area contributed by atoms with Crippen molar-refractivity contribution in [1.29, 1.82) is 0 Å². The Hall–Kier alpha value is -13.4. The first-order valence-electron chi connectivity index (χ1n) is 33.7. The minimum atomic E-state index is 0.719. The van der Waals surface area contributed by atoms with E-state index in [1.165, 1.54) is 71.6 Å². The summed E-state index contributed by atoms with van der Waals surface area (Å²) < 4.78 is 0. The first-order valence-corrected chi connectivity index (χ1v) is 33.7. The summed E-state index contributed by atoms with van der Waals surface area (Å²) in [5, 5.41) is 7.17. The van der Waals surface area contributed by atoms with Crippen LogP contribution in [0, 0.1) is 0 Å². The molecule has 468 valence electrons. The van der Waals surface area contributed by atoms with Gasteiger partial charge in [0, 0.05) is 67.7 Å². The van der Waals surface area contributed by atoms with Gasteiger partial charge >= 0.3 is 0 Å². The van der Waals surface area contributed by atoms with Crippen LogP contribution < -0.4 is 0 Å². The lowest BCUT2D eigenvalue weighted by atomic mass is 9.93. The van der Waals surface area contributed by atoms with Gasteiger partial charge in [0.2, 0.25) is 0 Å². The topological polar surface area (TPSA) is 77.3 Å². The third-order valence-electron chi connectivity index (χ3n) is 18.7. The predicted molar refractivity (Wildman–Crippen MR) is 415 cm³/mol. The molecule has 4 aromatic heterocycles. The molecular formula is C94H62N6. The van der Waals surface area contributed by atoms with Crippen molar-refractivity contribution in [2.24, 2.45) is 0 Å². The summed E-state index contributed by atoms with van der Waals surface area (Å²) in [6, 6.07) is 128. The van der Waals surface area contributed by atoms with Gasteiger partial charge in [-0.3, -0.25) is 9.97 Å². The molecule has 0 radical (unpaired) electrons. The normalized spacial score (nSPS) is 11.2. The number of hydrogen-bond acceptors (Lipinski definition) is 6. The largest absolute Gasteiger partial charge is 0.256 e. The average molecular weight is 1280 g/mol. The van der Waals surface area contributed by atoms with E-state index in [0.717, 1.165) is 106 Å². The zero-order chi connectivity index (χ0) is 66.6. The van der Waals surface area contributed by atoms with E-state index in [9.17, 15) is 0 Å². The van der Waals surface area contributed by atoms with E-state index in [1.807, 2.05) is 103 Å². The monoisotopic (exact) mass is 1270 g/mol. The summed E-state index contributed by atoms with van der Waals surface area (Å²) in [7, 11) is 0. The van der Waals surface area contributed by atoms with Crippen molar-refractivity contribution >= 4 is 43.4 Å². The number of fused-ring (bicyclic) bond motifs is 4. The first-order chi connectivity index (χ1) is 49.5. The molecule has 6 nitrogen and oxygen atoms in total. The van der Waals surface area contributed by atoms with E-state index < -0.39 is 0 Å². The molecule has 0 unspecified atom stereocenters. The first kappa shape index (κ1) is 60.3. The third kappa shape index (κ3) is 12.5. The summed E-state index contributed by atoms with van der Waals surface area (Å²) in [5.74, 6) is 1.44. The molecular weight excluding hydrogens is 1210 g/mol. The molecule has 100 heavy (non-hydrogen) atoms. The summed E-state index contributed by atoms with van der Waals surface area (Å²) in [5.41, 5.74) is 26.0. The van der Waals surface area contributed by atoms with Crippen molar-refractivity contribution in [3.05, 3.63) is 376 Å². The zero-order valence-electron chi connectivity index (χ0n) is 54.5. The lowest BCUT2D eigenvalue weighted by molar-refractivity contribution is 1.18. The van der Waals surface area contributed by atoms with Crippen molar-refractivity contribution in [3.8, 4) is 135 Å². The molecule has 0 spiro atoms. The Balaban J connectivity index is 0.000000150. The molecule has 0 saturated carbocycles. The number of aromatic nitrogens is 6. The van der Waals surface area contributed by atoms with Gasteiger partial charge in [-0.15, -0.1) is 0 Å². The highest BCUT2D eigenvalue weighted by molar-refractivity contribution is 6.01. The highest BCUT2D eigenvalue weighted by atomic mass is 14.9. The van der Waals surface area contributed by atoms with Gasteiger partial charge < -0.3 is 0 Å². The van der Waals surface area contributed by atoms with Gasteiger partial charge in [-0.2, -0.15) is 0 Å². The van der Waals surface area contributed by atoms with E-state index in [1.54, 1.807) is 0 Å². The van der Waals surface area contributed by atoms with E-state index in [0.29, 0.717) is 0 Å². The van der Waals surface area contributed by atoms with Crippen LogP contribution in [0.2, 0.25) is 0 Å². The van der Waals surface area contributed by atoms with Crippen LogP contribution in [0.25, 0.3) is 178 Å². The van der Waals surface area contributed by atoms with Crippen LogP contribution in [0.4, 0.5) is 0 Å². The number of benzene rings is 14. The maximum absolute atomic E-state index is 5.01. The minimum absolute atomic E-state index is 0.719. The standard InChI is InChI=1S/2C47H31N3/c1-3-10-35(11-4-1)44-31-45(50-47(49-44)38-12-5-2-6-13-38)36-25-23-33(24-26-36)41-17-8-15-40-30-39(27-28-42(40)41)32-19-21-34(22-20-32)43-18-7-14-37-16-9-29-48-46(37)43;1-3-10-35(11-4-1)45-30-46(50-47(49-45)37-12-5-2-6-13-37)36-24-22-34(23-25-36)42-16-9-15-39-28-38(26-27-43(39)42)32-18-20-33(21-19-32)41-29-40-14-7-8-17-44(40)48-31-41/h2*1-31H. The van der Waals surface area contributed by atoms with Gasteiger partial charge in [-0.05, 0) is 120 Å². The lowest BCUT2D eigenvalue weighted by Gasteiger charge is -2.12. The number of hydrogen-bond donors (Lipinski definition) is 0. The van der Waals surface area contributed by atoms with E-state index in [2.05, 4.69) is 283 Å². The van der Waals surface area contributed by atoms with Crippen LogP contribution >= 0.6 is 0 Å². The number of pyridine rings is 2. The van der Waals surface area contributed by atoms with Crippen molar-refractivity contribution in [1.82, 2.24) is 29.9 Å². The van der Waals surface area contributed by atoms with Gasteiger partial charge in [0.25, 0.3) is 0 Å². The predicted octanol–water partition coefficient (Wildman–Crippen LogP) is 24.4. The van der Waals surface area contributed by atoms with Gasteiger partial charge in [0.15, 0.2) is 11.6 Å². The summed E-state index contributed by atoms with van der Waals surface area (Å²) in [6.45, 7) is 0. The van der Waals surface area contributed by atoms with Gasteiger partial charge in [0.05, 0.1) is 33.8 Å². The average Bonchev–Trinajstić information content (AvgIpc) is 0.927. The van der Waals surface area contributed by atoms with Crippen LogP contribution in [-0.2, 0) is 0 Å². The van der Waals surface area contributed by atoms with Crippen LogP contribution in [0.15, 0.2) is 376 Å².